The minimum Gasteiger partial charge on any atom is -0.480 e. The first-order valence-electron chi connectivity index (χ1n) is 7.84. The first-order chi connectivity index (χ1) is 11.0. The van der Waals surface area contributed by atoms with Crippen molar-refractivity contribution in [2.75, 3.05) is 18.4 Å². The van der Waals surface area contributed by atoms with Crippen molar-refractivity contribution in [2.45, 2.75) is 44.2 Å². The van der Waals surface area contributed by atoms with Crippen LogP contribution in [0, 0.1) is 5.92 Å². The van der Waals surface area contributed by atoms with Crippen molar-refractivity contribution in [1.82, 2.24) is 14.9 Å². The first-order valence-corrected chi connectivity index (χ1v) is 7.84. The van der Waals surface area contributed by atoms with E-state index in [1.54, 1.807) is 0 Å². The molecule has 0 unspecified atom stereocenters. The number of nitrogens with zero attached hydrogens (tertiary/aromatic N) is 3. The van der Waals surface area contributed by atoms with Crippen molar-refractivity contribution in [3.8, 4) is 0 Å². The van der Waals surface area contributed by atoms with E-state index in [4.69, 9.17) is 5.11 Å². The maximum absolute atomic E-state index is 12.9. The highest BCUT2D eigenvalue weighted by atomic mass is 19.3. The lowest BCUT2D eigenvalue weighted by Crippen LogP contribution is -2.52. The second kappa shape index (κ2) is 6.74. The van der Waals surface area contributed by atoms with E-state index in [-0.39, 0.29) is 30.1 Å². The molecule has 0 atom stereocenters. The predicted molar refractivity (Wildman–Crippen MR) is 79.4 cm³/mol. The summed E-state index contributed by atoms with van der Waals surface area (Å²) in [6.07, 6.45) is 3.78. The Bertz CT molecular complexity index is 562. The van der Waals surface area contributed by atoms with Gasteiger partial charge >= 0.3 is 5.97 Å². The summed E-state index contributed by atoms with van der Waals surface area (Å²) in [4.78, 5) is 20.6. The summed E-state index contributed by atoms with van der Waals surface area (Å²) in [5.74, 6) is -0.0827. The fourth-order valence-electron chi connectivity index (χ4n) is 2.97. The Morgan fingerprint density at radius 1 is 1.35 bits per heavy atom. The third-order valence-electron chi connectivity index (χ3n) is 4.43. The Kier molecular flexibility index (Phi) is 4.70. The Hall–Kier alpha value is -1.83. The monoisotopic (exact) mass is 326 g/mol. The quantitative estimate of drug-likeness (QED) is 0.762. The molecule has 126 valence electrons. The number of nitrogens with one attached hydrogen (secondary N) is 1. The Morgan fingerprint density at radius 2 is 2.04 bits per heavy atom. The molecule has 1 aromatic rings. The molecule has 0 saturated heterocycles. The molecular weight excluding hydrogens is 306 g/mol. The van der Waals surface area contributed by atoms with Gasteiger partial charge in [-0.2, -0.15) is 0 Å². The van der Waals surface area contributed by atoms with Crippen LogP contribution in [-0.4, -0.2) is 51.1 Å². The predicted octanol–water partition coefficient (Wildman–Crippen LogP) is 2.15. The third kappa shape index (κ3) is 4.13. The van der Waals surface area contributed by atoms with Crippen molar-refractivity contribution in [1.29, 1.82) is 0 Å². The zero-order chi connectivity index (χ0) is 16.4. The molecule has 0 spiro atoms. The summed E-state index contributed by atoms with van der Waals surface area (Å²) in [5.41, 5.74) is -0.337. The van der Waals surface area contributed by atoms with Crippen LogP contribution in [0.4, 0.5) is 14.6 Å². The molecule has 6 nitrogen and oxygen atoms in total. The van der Waals surface area contributed by atoms with E-state index in [2.05, 4.69) is 15.3 Å². The Labute approximate surface area is 132 Å². The maximum Gasteiger partial charge on any atom is 0.317 e. The van der Waals surface area contributed by atoms with E-state index in [0.29, 0.717) is 5.92 Å². The van der Waals surface area contributed by atoms with Gasteiger partial charge in [0.05, 0.1) is 6.54 Å². The van der Waals surface area contributed by atoms with E-state index in [1.165, 1.54) is 25.2 Å². The van der Waals surface area contributed by atoms with Gasteiger partial charge in [-0.25, -0.2) is 18.7 Å². The zero-order valence-electron chi connectivity index (χ0n) is 12.7. The SMILES string of the molecule is O=C(O)CN(CC1CC1)C1CC(Nc2nccnc2C(F)F)C1. The molecule has 23 heavy (non-hydrogen) atoms. The van der Waals surface area contributed by atoms with E-state index < -0.39 is 12.4 Å². The van der Waals surface area contributed by atoms with Crippen LogP contribution in [0.2, 0.25) is 0 Å². The smallest absolute Gasteiger partial charge is 0.317 e. The number of anilines is 1. The van der Waals surface area contributed by atoms with Gasteiger partial charge in [0.15, 0.2) is 5.82 Å². The average molecular weight is 326 g/mol. The van der Waals surface area contributed by atoms with Gasteiger partial charge in [0.1, 0.15) is 5.69 Å². The molecule has 0 aliphatic heterocycles. The summed E-state index contributed by atoms with van der Waals surface area (Å²) in [5, 5.41) is 12.0. The van der Waals surface area contributed by atoms with E-state index in [9.17, 15) is 13.6 Å². The van der Waals surface area contributed by atoms with Crippen molar-refractivity contribution in [3.63, 3.8) is 0 Å². The van der Waals surface area contributed by atoms with Gasteiger partial charge < -0.3 is 10.4 Å². The molecule has 0 aromatic carbocycles. The largest absolute Gasteiger partial charge is 0.480 e. The van der Waals surface area contributed by atoms with Crippen LogP contribution >= 0.6 is 0 Å². The number of aromatic nitrogens is 2. The molecule has 0 bridgehead atoms. The first kappa shape index (κ1) is 16.0. The molecular formula is C15H20F2N4O2. The number of halogens is 2. The third-order valence-corrected chi connectivity index (χ3v) is 4.43. The zero-order valence-corrected chi connectivity index (χ0v) is 12.7. The molecule has 2 N–H and O–H groups in total. The molecule has 2 aliphatic carbocycles. The highest BCUT2D eigenvalue weighted by molar-refractivity contribution is 5.69. The molecule has 2 saturated carbocycles. The highest BCUT2D eigenvalue weighted by Gasteiger charge is 2.37. The molecule has 3 rings (SSSR count). The van der Waals surface area contributed by atoms with Gasteiger partial charge in [0.25, 0.3) is 6.43 Å². The van der Waals surface area contributed by atoms with Crippen LogP contribution in [0.25, 0.3) is 0 Å². The number of carbonyl (C=O) groups is 1. The second-order valence-corrected chi connectivity index (χ2v) is 6.32. The van der Waals surface area contributed by atoms with Crippen LogP contribution < -0.4 is 5.32 Å². The fraction of sp³-hybridized carbons (Fsp3) is 0.667. The van der Waals surface area contributed by atoms with Gasteiger partial charge in [-0.1, -0.05) is 0 Å². The van der Waals surface area contributed by atoms with E-state index >= 15 is 0 Å². The number of carboxylic acids is 1. The summed E-state index contributed by atoms with van der Waals surface area (Å²) in [7, 11) is 0. The number of alkyl halides is 2. The van der Waals surface area contributed by atoms with Gasteiger partial charge in [0, 0.05) is 31.0 Å². The van der Waals surface area contributed by atoms with Crippen molar-refractivity contribution >= 4 is 11.8 Å². The lowest BCUT2D eigenvalue weighted by molar-refractivity contribution is -0.139. The standard InChI is InChI=1S/C15H20F2N4O2/c16-14(17)13-15(19-4-3-18-13)20-10-5-11(6-10)21(8-12(22)23)7-9-1-2-9/h3-4,9-11,14H,1-2,5-8H2,(H,19,20)(H,22,23). The lowest BCUT2D eigenvalue weighted by Gasteiger charge is -2.43. The summed E-state index contributed by atoms with van der Waals surface area (Å²) in [6, 6.07) is 0.223. The average Bonchev–Trinajstić information content (AvgIpc) is 3.25. The number of aliphatic carboxylic acids is 1. The van der Waals surface area contributed by atoms with Gasteiger partial charge in [-0.3, -0.25) is 9.69 Å². The Balaban J connectivity index is 1.54. The second-order valence-electron chi connectivity index (χ2n) is 6.32. The summed E-state index contributed by atoms with van der Waals surface area (Å²) >= 11 is 0. The van der Waals surface area contributed by atoms with E-state index in [1.807, 2.05) is 4.90 Å². The van der Waals surface area contributed by atoms with Crippen molar-refractivity contribution in [2.24, 2.45) is 5.92 Å². The fourth-order valence-corrected chi connectivity index (χ4v) is 2.97. The van der Waals surface area contributed by atoms with Crippen LogP contribution in [-0.2, 0) is 4.79 Å². The molecule has 1 heterocycles. The molecule has 2 aliphatic rings. The number of carboxylic acid groups (broad SMARTS) is 1. The molecule has 0 radical (unpaired) electrons. The minimum atomic E-state index is -2.67. The minimum absolute atomic E-state index is 0.0321. The molecule has 1 aromatic heterocycles. The molecule has 0 amide bonds. The van der Waals surface area contributed by atoms with Crippen LogP contribution in [0.15, 0.2) is 12.4 Å². The lowest BCUT2D eigenvalue weighted by atomic mass is 9.85. The van der Waals surface area contributed by atoms with Gasteiger partial charge in [0.2, 0.25) is 0 Å². The maximum atomic E-state index is 12.9. The topological polar surface area (TPSA) is 78.4 Å². The molecule has 8 heteroatoms. The summed E-state index contributed by atoms with van der Waals surface area (Å²) < 4.78 is 25.8. The van der Waals surface area contributed by atoms with Crippen molar-refractivity contribution in [3.05, 3.63) is 18.1 Å². The summed E-state index contributed by atoms with van der Waals surface area (Å²) in [6.45, 7) is 0.860. The van der Waals surface area contributed by atoms with Gasteiger partial charge in [-0.15, -0.1) is 0 Å². The normalized spacial score (nSPS) is 23.8. The van der Waals surface area contributed by atoms with E-state index in [0.717, 1.165) is 19.4 Å². The number of hydrogen-bond donors (Lipinski definition) is 2. The van der Waals surface area contributed by atoms with Crippen LogP contribution in [0.1, 0.15) is 37.8 Å². The number of hydrogen-bond acceptors (Lipinski definition) is 5. The molecule has 2 fully saturated rings. The number of rotatable bonds is 8. The highest BCUT2D eigenvalue weighted by Crippen LogP contribution is 2.35. The van der Waals surface area contributed by atoms with Crippen LogP contribution in [0.3, 0.4) is 0 Å². The van der Waals surface area contributed by atoms with Crippen LogP contribution in [0.5, 0.6) is 0 Å². The van der Waals surface area contributed by atoms with Gasteiger partial charge in [-0.05, 0) is 31.6 Å². The van der Waals surface area contributed by atoms with Crippen molar-refractivity contribution < 1.29 is 18.7 Å². The Morgan fingerprint density at radius 3 is 2.65 bits per heavy atom.